The monoisotopic (exact) mass is 245 g/mol. The summed E-state index contributed by atoms with van der Waals surface area (Å²) >= 11 is 0. The molecule has 2 aliphatic rings. The summed E-state index contributed by atoms with van der Waals surface area (Å²) in [6, 6.07) is 10.7. The Morgan fingerprint density at radius 2 is 2.00 bits per heavy atom. The second-order valence-corrected chi connectivity index (χ2v) is 5.29. The molecule has 1 aliphatic heterocycles. The third-order valence-corrected chi connectivity index (χ3v) is 3.81. The number of nitrogens with one attached hydrogen (secondary N) is 1. The summed E-state index contributed by atoms with van der Waals surface area (Å²) in [7, 11) is 0. The molecule has 3 rings (SSSR count). The Kier molecular flexibility index (Phi) is 3.33. The summed E-state index contributed by atoms with van der Waals surface area (Å²) in [4.78, 5) is 11.9. The minimum atomic E-state index is -0.193. The number of amides is 1. The predicted octanol–water partition coefficient (Wildman–Crippen LogP) is 1.91. The van der Waals surface area contributed by atoms with Gasteiger partial charge in [-0.1, -0.05) is 30.3 Å². The molecule has 0 bridgehead atoms. The predicted molar refractivity (Wildman–Crippen MR) is 69.2 cm³/mol. The van der Waals surface area contributed by atoms with Crippen molar-refractivity contribution < 1.29 is 9.53 Å². The van der Waals surface area contributed by atoms with E-state index in [9.17, 15) is 4.79 Å². The molecule has 1 amide bonds. The SMILES string of the molecule is O=C(N[C@@H](Cc1ccccc1)C1CC1)[C@H]1CCO1. The standard InChI is InChI=1S/C15H19NO2/c17-15(14-8-9-18-14)16-13(12-6-7-12)10-11-4-2-1-3-5-11/h1-5,12-14H,6-10H2,(H,16,17)/t13-,14+/m0/s1. The van der Waals surface area contributed by atoms with Gasteiger partial charge in [-0.15, -0.1) is 0 Å². The maximum atomic E-state index is 11.9. The smallest absolute Gasteiger partial charge is 0.249 e. The molecule has 0 aromatic heterocycles. The van der Waals surface area contributed by atoms with Crippen LogP contribution in [0.1, 0.15) is 24.8 Å². The van der Waals surface area contributed by atoms with Gasteiger partial charge in [0.05, 0.1) is 6.61 Å². The van der Waals surface area contributed by atoms with Gasteiger partial charge < -0.3 is 10.1 Å². The molecule has 1 N–H and O–H groups in total. The van der Waals surface area contributed by atoms with Crippen molar-refractivity contribution in [2.45, 2.75) is 37.8 Å². The molecular formula is C15H19NO2. The first-order chi connectivity index (χ1) is 8.83. The lowest BCUT2D eigenvalue weighted by Gasteiger charge is -2.28. The van der Waals surface area contributed by atoms with Gasteiger partial charge in [-0.2, -0.15) is 0 Å². The number of benzene rings is 1. The first kappa shape index (κ1) is 11.7. The maximum absolute atomic E-state index is 11.9. The van der Waals surface area contributed by atoms with E-state index >= 15 is 0 Å². The summed E-state index contributed by atoms with van der Waals surface area (Å²) in [5.41, 5.74) is 1.30. The molecule has 1 aromatic rings. The number of carbonyl (C=O) groups is 1. The third kappa shape index (κ3) is 2.72. The van der Waals surface area contributed by atoms with Crippen molar-refractivity contribution in [3.05, 3.63) is 35.9 Å². The lowest BCUT2D eigenvalue weighted by atomic mass is 10.0. The van der Waals surface area contributed by atoms with Gasteiger partial charge in [0.25, 0.3) is 0 Å². The highest BCUT2D eigenvalue weighted by molar-refractivity contribution is 5.81. The van der Waals surface area contributed by atoms with Gasteiger partial charge in [-0.05, 0) is 30.7 Å². The van der Waals surface area contributed by atoms with Crippen LogP contribution < -0.4 is 5.32 Å². The molecule has 3 nitrogen and oxygen atoms in total. The van der Waals surface area contributed by atoms with Crippen LogP contribution in [0.4, 0.5) is 0 Å². The summed E-state index contributed by atoms with van der Waals surface area (Å²) in [5.74, 6) is 0.739. The normalized spacial score (nSPS) is 24.1. The fourth-order valence-corrected chi connectivity index (χ4v) is 2.42. The Morgan fingerprint density at radius 3 is 2.56 bits per heavy atom. The fourth-order valence-electron chi connectivity index (χ4n) is 2.42. The van der Waals surface area contributed by atoms with Gasteiger partial charge in [0.1, 0.15) is 6.10 Å². The molecule has 2 fully saturated rings. The van der Waals surface area contributed by atoms with Gasteiger partial charge >= 0.3 is 0 Å². The third-order valence-electron chi connectivity index (χ3n) is 3.81. The van der Waals surface area contributed by atoms with Gasteiger partial charge in [-0.3, -0.25) is 4.79 Å². The van der Waals surface area contributed by atoms with Crippen LogP contribution in [0.25, 0.3) is 0 Å². The highest BCUT2D eigenvalue weighted by Crippen LogP contribution is 2.34. The van der Waals surface area contributed by atoms with Gasteiger partial charge in [0, 0.05) is 12.5 Å². The zero-order valence-electron chi connectivity index (χ0n) is 10.5. The molecule has 0 spiro atoms. The number of hydrogen-bond donors (Lipinski definition) is 1. The summed E-state index contributed by atoms with van der Waals surface area (Å²) in [5, 5.41) is 3.17. The zero-order chi connectivity index (χ0) is 12.4. The molecule has 1 heterocycles. The minimum Gasteiger partial charge on any atom is -0.368 e. The van der Waals surface area contributed by atoms with E-state index in [0.29, 0.717) is 5.92 Å². The quantitative estimate of drug-likeness (QED) is 0.860. The summed E-state index contributed by atoms with van der Waals surface area (Å²) in [6.45, 7) is 0.727. The number of ether oxygens (including phenoxy) is 1. The lowest BCUT2D eigenvalue weighted by Crippen LogP contribution is -2.48. The van der Waals surface area contributed by atoms with Crippen LogP contribution in [0, 0.1) is 5.92 Å². The Hall–Kier alpha value is -1.35. The molecule has 1 saturated carbocycles. The average molecular weight is 245 g/mol. The van der Waals surface area contributed by atoms with Crippen molar-refractivity contribution in [1.29, 1.82) is 0 Å². The van der Waals surface area contributed by atoms with E-state index in [-0.39, 0.29) is 18.1 Å². The molecule has 2 atom stereocenters. The Morgan fingerprint density at radius 1 is 1.28 bits per heavy atom. The van der Waals surface area contributed by atoms with Crippen LogP contribution >= 0.6 is 0 Å². The van der Waals surface area contributed by atoms with E-state index in [0.717, 1.165) is 19.4 Å². The second-order valence-electron chi connectivity index (χ2n) is 5.29. The Balaban J connectivity index is 1.59. The second kappa shape index (κ2) is 5.11. The van der Waals surface area contributed by atoms with E-state index < -0.39 is 0 Å². The van der Waals surface area contributed by atoms with Crippen molar-refractivity contribution in [2.75, 3.05) is 6.61 Å². The molecule has 18 heavy (non-hydrogen) atoms. The first-order valence-electron chi connectivity index (χ1n) is 6.79. The van der Waals surface area contributed by atoms with E-state index in [2.05, 4.69) is 29.6 Å². The highest BCUT2D eigenvalue weighted by atomic mass is 16.5. The molecule has 1 aromatic carbocycles. The molecule has 3 heteroatoms. The van der Waals surface area contributed by atoms with Crippen LogP contribution in [0.5, 0.6) is 0 Å². The van der Waals surface area contributed by atoms with E-state index in [1.807, 2.05) is 6.07 Å². The molecule has 0 unspecified atom stereocenters. The van der Waals surface area contributed by atoms with Crippen LogP contribution in [0.15, 0.2) is 30.3 Å². The summed E-state index contributed by atoms with van der Waals surface area (Å²) in [6.07, 6.45) is 4.09. The minimum absolute atomic E-state index is 0.0779. The fraction of sp³-hybridized carbons (Fsp3) is 0.533. The van der Waals surface area contributed by atoms with Crippen molar-refractivity contribution >= 4 is 5.91 Å². The molecular weight excluding hydrogens is 226 g/mol. The summed E-state index contributed by atoms with van der Waals surface area (Å²) < 4.78 is 5.23. The molecule has 96 valence electrons. The number of rotatable bonds is 5. The van der Waals surface area contributed by atoms with E-state index in [4.69, 9.17) is 4.74 Å². The molecule has 0 radical (unpaired) electrons. The first-order valence-corrected chi connectivity index (χ1v) is 6.79. The molecule has 1 aliphatic carbocycles. The number of carbonyl (C=O) groups excluding carboxylic acids is 1. The van der Waals surface area contributed by atoms with Gasteiger partial charge in [0.2, 0.25) is 5.91 Å². The van der Waals surface area contributed by atoms with E-state index in [1.54, 1.807) is 0 Å². The van der Waals surface area contributed by atoms with Crippen molar-refractivity contribution in [2.24, 2.45) is 5.92 Å². The highest BCUT2D eigenvalue weighted by Gasteiger charge is 2.35. The van der Waals surface area contributed by atoms with Crippen LogP contribution in [-0.2, 0) is 16.0 Å². The van der Waals surface area contributed by atoms with Gasteiger partial charge in [0.15, 0.2) is 0 Å². The van der Waals surface area contributed by atoms with Crippen molar-refractivity contribution in [3.63, 3.8) is 0 Å². The largest absolute Gasteiger partial charge is 0.368 e. The Labute approximate surface area is 108 Å². The van der Waals surface area contributed by atoms with Crippen LogP contribution in [-0.4, -0.2) is 24.7 Å². The van der Waals surface area contributed by atoms with Crippen LogP contribution in [0.2, 0.25) is 0 Å². The van der Waals surface area contributed by atoms with Crippen molar-refractivity contribution in [3.8, 4) is 0 Å². The van der Waals surface area contributed by atoms with Gasteiger partial charge in [-0.25, -0.2) is 0 Å². The van der Waals surface area contributed by atoms with E-state index in [1.165, 1.54) is 18.4 Å². The van der Waals surface area contributed by atoms with Crippen LogP contribution in [0.3, 0.4) is 0 Å². The lowest BCUT2D eigenvalue weighted by molar-refractivity contribution is -0.145. The van der Waals surface area contributed by atoms with Crippen molar-refractivity contribution in [1.82, 2.24) is 5.32 Å². The number of hydrogen-bond acceptors (Lipinski definition) is 2. The topological polar surface area (TPSA) is 38.3 Å². The zero-order valence-corrected chi connectivity index (χ0v) is 10.5. The Bertz CT molecular complexity index is 410. The maximum Gasteiger partial charge on any atom is 0.249 e. The molecule has 1 saturated heterocycles. The average Bonchev–Trinajstić information content (AvgIpc) is 3.11.